The number of nitrogens with one attached hydrogen (secondary N) is 1. The molecule has 3 nitrogen and oxygen atoms in total. The Morgan fingerprint density at radius 3 is 1.49 bits per heavy atom. The van der Waals surface area contributed by atoms with Crippen LogP contribution in [0.1, 0.15) is 33.6 Å². The lowest BCUT2D eigenvalue weighted by Crippen LogP contribution is -2.50. The molecular weight excluding hydrogens is 679 g/mol. The summed E-state index contributed by atoms with van der Waals surface area (Å²) in [4.78, 5) is 14.2. The Bertz CT molecular complexity index is 940. The Labute approximate surface area is 245 Å². The van der Waals surface area contributed by atoms with Crippen molar-refractivity contribution in [1.82, 2.24) is 5.32 Å². The maximum absolute atomic E-state index is 14.2. The monoisotopic (exact) mass is 716 g/mol. The number of benzene rings is 3. The molecule has 0 aromatic heterocycles. The van der Waals surface area contributed by atoms with Crippen molar-refractivity contribution >= 4 is 77.1 Å². The predicted octanol–water partition coefficient (Wildman–Crippen LogP) is 5.93. The van der Waals surface area contributed by atoms with Gasteiger partial charge in [0.2, 0.25) is 0 Å². The molecule has 1 aliphatic rings. The van der Waals surface area contributed by atoms with Crippen LogP contribution < -0.4 is 21.2 Å². The Hall–Kier alpha value is -1.02. The molecule has 0 amide bonds. The number of rotatable bonds is 6. The molecule has 1 aliphatic heterocycles. The summed E-state index contributed by atoms with van der Waals surface area (Å²) in [7, 11) is -2.38. The molecular formula is C29H37I2NO2P+. The lowest BCUT2D eigenvalue weighted by Gasteiger charge is -2.39. The summed E-state index contributed by atoms with van der Waals surface area (Å²) in [6, 6.07) is 32.1. The molecule has 1 atom stereocenters. The van der Waals surface area contributed by atoms with E-state index in [9.17, 15) is 4.79 Å². The zero-order valence-electron chi connectivity index (χ0n) is 20.7. The Kier molecular flexibility index (Phi) is 11.7. The minimum atomic E-state index is -2.38. The van der Waals surface area contributed by atoms with Crippen molar-refractivity contribution in [1.29, 1.82) is 0 Å². The average molecular weight is 716 g/mol. The summed E-state index contributed by atoms with van der Waals surface area (Å²) < 4.78 is 6.19. The first-order valence-corrected chi connectivity index (χ1v) is 13.8. The van der Waals surface area contributed by atoms with Crippen molar-refractivity contribution < 1.29 is 9.53 Å². The van der Waals surface area contributed by atoms with Crippen molar-refractivity contribution in [2.24, 2.45) is 5.92 Å². The van der Waals surface area contributed by atoms with Gasteiger partial charge in [-0.1, -0.05) is 54.6 Å². The van der Waals surface area contributed by atoms with E-state index in [-0.39, 0.29) is 65.5 Å². The number of hydrogen-bond donors (Lipinski definition) is 1. The van der Waals surface area contributed by atoms with Crippen LogP contribution in [0.2, 0.25) is 0 Å². The van der Waals surface area contributed by atoms with E-state index in [0.29, 0.717) is 0 Å². The van der Waals surface area contributed by atoms with Crippen LogP contribution in [-0.4, -0.2) is 30.3 Å². The molecule has 0 spiro atoms. The van der Waals surface area contributed by atoms with Gasteiger partial charge in [0.05, 0.1) is 0 Å². The highest BCUT2D eigenvalue weighted by molar-refractivity contribution is 14.0. The van der Waals surface area contributed by atoms with Crippen LogP contribution in [0.3, 0.4) is 0 Å². The summed E-state index contributed by atoms with van der Waals surface area (Å²) >= 11 is 0. The van der Waals surface area contributed by atoms with Gasteiger partial charge in [-0.25, -0.2) is 4.79 Å². The molecule has 1 N–H and O–H groups in total. The lowest BCUT2D eigenvalue weighted by atomic mass is 9.94. The van der Waals surface area contributed by atoms with Gasteiger partial charge >= 0.3 is 5.97 Å². The number of halogens is 2. The highest BCUT2D eigenvalue weighted by atomic mass is 127. The van der Waals surface area contributed by atoms with Crippen LogP contribution in [0.5, 0.6) is 0 Å². The van der Waals surface area contributed by atoms with Crippen LogP contribution in [-0.2, 0) is 9.53 Å². The van der Waals surface area contributed by atoms with E-state index >= 15 is 0 Å². The van der Waals surface area contributed by atoms with Crippen molar-refractivity contribution in [2.75, 3.05) is 13.1 Å². The smallest absolute Gasteiger partial charge is 0.349 e. The highest BCUT2D eigenvalue weighted by Crippen LogP contribution is 2.63. The van der Waals surface area contributed by atoms with Gasteiger partial charge in [0.1, 0.15) is 28.8 Å². The second-order valence-corrected chi connectivity index (χ2v) is 13.3. The summed E-state index contributed by atoms with van der Waals surface area (Å²) in [6.07, 6.45) is 1.94. The largest absolute Gasteiger partial charge is 0.457 e. The zero-order valence-corrected chi connectivity index (χ0v) is 26.3. The third kappa shape index (κ3) is 6.85. The fourth-order valence-corrected chi connectivity index (χ4v) is 10.2. The molecule has 3 aromatic carbocycles. The number of carbonyl (C=O) groups excluding carboxylic acids is 1. The molecule has 4 rings (SSSR count). The van der Waals surface area contributed by atoms with Gasteiger partial charge in [-0.05, 0) is 83.1 Å². The normalized spacial score (nSPS) is 15.3. The van der Waals surface area contributed by atoms with Crippen LogP contribution in [0, 0.1) is 5.92 Å². The van der Waals surface area contributed by atoms with Gasteiger partial charge in [-0.15, -0.1) is 48.0 Å². The third-order valence-corrected chi connectivity index (χ3v) is 11.2. The number of carbonyl (C=O) groups is 1. The fraction of sp³-hybridized carbons (Fsp3) is 0.345. The first-order valence-electron chi connectivity index (χ1n) is 11.9. The summed E-state index contributed by atoms with van der Waals surface area (Å²) in [6.45, 7) is 7.78. The molecule has 0 radical (unpaired) electrons. The first-order chi connectivity index (χ1) is 15.9. The molecule has 188 valence electrons. The van der Waals surface area contributed by atoms with Crippen molar-refractivity contribution in [3.63, 3.8) is 0 Å². The Morgan fingerprint density at radius 2 is 1.14 bits per heavy atom. The highest BCUT2D eigenvalue weighted by Gasteiger charge is 2.59. The van der Waals surface area contributed by atoms with E-state index in [1.54, 1.807) is 0 Å². The van der Waals surface area contributed by atoms with E-state index in [4.69, 9.17) is 4.74 Å². The Morgan fingerprint density at radius 1 is 0.771 bits per heavy atom. The average Bonchev–Trinajstić information content (AvgIpc) is 2.83. The number of piperidine rings is 1. The lowest BCUT2D eigenvalue weighted by molar-refractivity contribution is -0.155. The molecule has 1 heterocycles. The second kappa shape index (κ2) is 13.5. The molecule has 0 saturated carbocycles. The quantitative estimate of drug-likeness (QED) is 0.196. The minimum Gasteiger partial charge on any atom is -0.457 e. The summed E-state index contributed by atoms with van der Waals surface area (Å²) in [5.74, 6) is 0.175. The molecule has 6 heteroatoms. The molecule has 3 aromatic rings. The first kappa shape index (κ1) is 30.2. The van der Waals surface area contributed by atoms with E-state index in [1.807, 2.05) is 20.8 Å². The van der Waals surface area contributed by atoms with Crippen molar-refractivity contribution in [3.05, 3.63) is 91.0 Å². The SMILES string of the molecule is CC(C)(C)OC(=O)C(C1CCNCC1)[P+](c1ccccc1)(c1ccccc1)c1ccccc1.I.I. The van der Waals surface area contributed by atoms with Gasteiger partial charge in [0, 0.05) is 5.92 Å². The maximum atomic E-state index is 14.2. The van der Waals surface area contributed by atoms with Crippen LogP contribution in [0.15, 0.2) is 91.0 Å². The maximum Gasteiger partial charge on any atom is 0.349 e. The Balaban J connectivity index is 0.00000216. The molecule has 0 aliphatic carbocycles. The second-order valence-electron chi connectivity index (χ2n) is 9.80. The molecule has 35 heavy (non-hydrogen) atoms. The van der Waals surface area contributed by atoms with Gasteiger partial charge < -0.3 is 10.1 Å². The predicted molar refractivity (Wildman–Crippen MR) is 171 cm³/mol. The third-order valence-electron chi connectivity index (χ3n) is 6.39. The van der Waals surface area contributed by atoms with Gasteiger partial charge in [0.25, 0.3) is 0 Å². The molecule has 1 unspecified atom stereocenters. The van der Waals surface area contributed by atoms with Gasteiger partial charge in [-0.2, -0.15) is 0 Å². The van der Waals surface area contributed by atoms with Gasteiger partial charge in [-0.3, -0.25) is 0 Å². The van der Waals surface area contributed by atoms with Crippen LogP contribution >= 0.6 is 55.2 Å². The summed E-state index contributed by atoms with van der Waals surface area (Å²) in [5, 5.41) is 7.19. The van der Waals surface area contributed by atoms with Crippen LogP contribution in [0.4, 0.5) is 0 Å². The van der Waals surface area contributed by atoms with Crippen molar-refractivity contribution in [2.45, 2.75) is 44.9 Å². The number of hydrogen-bond acceptors (Lipinski definition) is 3. The van der Waals surface area contributed by atoms with E-state index in [2.05, 4.69) is 96.3 Å². The molecule has 1 fully saturated rings. The van der Waals surface area contributed by atoms with Crippen molar-refractivity contribution in [3.8, 4) is 0 Å². The fourth-order valence-electron chi connectivity index (χ4n) is 5.11. The topological polar surface area (TPSA) is 38.3 Å². The van der Waals surface area contributed by atoms with Crippen LogP contribution in [0.25, 0.3) is 0 Å². The van der Waals surface area contributed by atoms with Gasteiger partial charge in [0.15, 0.2) is 5.66 Å². The standard InChI is InChI=1S/C29H35NO2P.2HI/c1-29(2,3)32-28(31)27(23-19-21-30-22-20-23)33(24-13-7-4-8-14-24,25-15-9-5-10-16-25)26-17-11-6-12-18-26;;/h4-18,23,27,30H,19-22H2,1-3H3;2*1H/q+1;;. The minimum absolute atomic E-state index is 0. The number of esters is 1. The van der Waals surface area contributed by atoms with E-state index in [0.717, 1.165) is 25.9 Å². The summed E-state index contributed by atoms with van der Waals surface area (Å²) in [5.41, 5.74) is -0.784. The molecule has 1 saturated heterocycles. The molecule has 0 bridgehead atoms. The number of ether oxygens (including phenoxy) is 1. The zero-order chi connectivity index (χ0) is 23.3. The van der Waals surface area contributed by atoms with E-state index in [1.165, 1.54) is 15.9 Å². The van der Waals surface area contributed by atoms with E-state index < -0.39 is 12.9 Å².